The highest BCUT2D eigenvalue weighted by Gasteiger charge is 2.25. The Morgan fingerprint density at radius 3 is 2.73 bits per heavy atom. The van der Waals surface area contributed by atoms with Gasteiger partial charge in [0.1, 0.15) is 0 Å². The molecule has 1 saturated carbocycles. The number of aliphatic carboxylic acids is 1. The maximum Gasteiger partial charge on any atom is 0.328 e. The van der Waals surface area contributed by atoms with Crippen LogP contribution >= 0.6 is 23.1 Å². The van der Waals surface area contributed by atoms with Gasteiger partial charge in [-0.3, -0.25) is 15.0 Å². The second-order valence-electron chi connectivity index (χ2n) is 6.90. The molecule has 0 atom stereocenters. The predicted octanol–water partition coefficient (Wildman–Crippen LogP) is 3.20. The van der Waals surface area contributed by atoms with Crippen molar-refractivity contribution < 1.29 is 23.1 Å². The van der Waals surface area contributed by atoms with E-state index in [0.29, 0.717) is 27.5 Å². The van der Waals surface area contributed by atoms with Crippen molar-refractivity contribution in [2.24, 2.45) is 11.1 Å². The third-order valence-electron chi connectivity index (χ3n) is 4.65. The molecule has 1 aromatic heterocycles. The summed E-state index contributed by atoms with van der Waals surface area (Å²) in [5.41, 5.74) is 0.433. The molecule has 0 aliphatic heterocycles. The molecule has 0 spiro atoms. The van der Waals surface area contributed by atoms with E-state index in [1.165, 1.54) is 34.6 Å². The molecule has 1 fully saturated rings. The van der Waals surface area contributed by atoms with Gasteiger partial charge < -0.3 is 5.11 Å². The zero-order valence-corrected chi connectivity index (χ0v) is 18.4. The van der Waals surface area contributed by atoms with E-state index in [1.807, 2.05) is 0 Å². The third-order valence-corrected chi connectivity index (χ3v) is 7.66. The van der Waals surface area contributed by atoms with Crippen molar-refractivity contribution in [1.29, 1.82) is 0 Å². The summed E-state index contributed by atoms with van der Waals surface area (Å²) < 4.78 is 24.1. The van der Waals surface area contributed by atoms with E-state index in [0.717, 1.165) is 37.4 Å². The van der Waals surface area contributed by atoms with Gasteiger partial charge in [0.15, 0.2) is 5.13 Å². The van der Waals surface area contributed by atoms with Crippen LogP contribution < -0.4 is 15.4 Å². The van der Waals surface area contributed by atoms with Gasteiger partial charge in [-0.25, -0.2) is 23.3 Å². The van der Waals surface area contributed by atoms with Crippen molar-refractivity contribution in [3.05, 3.63) is 30.5 Å². The second-order valence-corrected chi connectivity index (χ2v) is 10.8. The minimum atomic E-state index is -3.90. The molecular formula is C18H22N4O5S3. The number of sulfonamides is 1. The molecule has 30 heavy (non-hydrogen) atoms. The number of rotatable bonds is 8. The fraction of sp³-hybridized carbons (Fsp3) is 0.389. The number of nitrogens with one attached hydrogen (secondary N) is 1. The molecule has 0 saturated heterocycles. The summed E-state index contributed by atoms with van der Waals surface area (Å²) in [6.07, 6.45) is 5.73. The van der Waals surface area contributed by atoms with Crippen molar-refractivity contribution in [2.75, 3.05) is 22.5 Å². The quantitative estimate of drug-likeness (QED) is 0.503. The Morgan fingerprint density at radius 2 is 2.07 bits per heavy atom. The van der Waals surface area contributed by atoms with Crippen LogP contribution in [-0.4, -0.2) is 42.8 Å². The number of carbonyl (C=O) groups excluding carboxylic acids is 1. The number of aromatic nitrogens is 1. The molecule has 1 aliphatic rings. The van der Waals surface area contributed by atoms with Gasteiger partial charge in [0, 0.05) is 12.2 Å². The minimum Gasteiger partial charge on any atom is -0.481 e. The number of primary sulfonamides is 1. The van der Waals surface area contributed by atoms with Crippen LogP contribution in [0.3, 0.4) is 0 Å². The van der Waals surface area contributed by atoms with Crippen molar-refractivity contribution in [2.45, 2.75) is 34.8 Å². The topological polar surface area (TPSA) is 143 Å². The van der Waals surface area contributed by atoms with Crippen LogP contribution in [-0.2, 0) is 14.8 Å². The highest BCUT2D eigenvalue weighted by molar-refractivity contribution is 8.01. The van der Waals surface area contributed by atoms with Crippen LogP contribution in [0.5, 0.6) is 0 Å². The monoisotopic (exact) mass is 470 g/mol. The Hall–Kier alpha value is -2.15. The molecule has 0 radical (unpaired) electrons. The fourth-order valence-corrected chi connectivity index (χ4v) is 5.40. The van der Waals surface area contributed by atoms with E-state index in [1.54, 1.807) is 12.1 Å². The van der Waals surface area contributed by atoms with E-state index >= 15 is 0 Å². The molecule has 1 aliphatic carbocycles. The number of carbonyl (C=O) groups is 2. The van der Waals surface area contributed by atoms with Crippen LogP contribution in [0.4, 0.5) is 15.6 Å². The molecule has 0 bridgehead atoms. The SMILES string of the molecule is NS(=O)(=O)c1cccc(N(CC2CCCC2)C(=O)Nc2ncc(SCC(=O)O)s2)c1. The van der Waals surface area contributed by atoms with E-state index in [-0.39, 0.29) is 10.6 Å². The van der Waals surface area contributed by atoms with Crippen LogP contribution in [0.15, 0.2) is 39.6 Å². The van der Waals surface area contributed by atoms with Gasteiger partial charge in [0.25, 0.3) is 0 Å². The molecule has 1 heterocycles. The lowest BCUT2D eigenvalue weighted by molar-refractivity contribution is -0.133. The van der Waals surface area contributed by atoms with Gasteiger partial charge in [-0.2, -0.15) is 0 Å². The average molecular weight is 471 g/mol. The largest absolute Gasteiger partial charge is 0.481 e. The summed E-state index contributed by atoms with van der Waals surface area (Å²) in [6.45, 7) is 0.450. The van der Waals surface area contributed by atoms with Crippen molar-refractivity contribution >= 4 is 55.9 Å². The van der Waals surface area contributed by atoms with Crippen molar-refractivity contribution in [3.8, 4) is 0 Å². The molecule has 0 unspecified atom stereocenters. The number of nitrogens with two attached hydrogens (primary N) is 1. The maximum atomic E-state index is 13.0. The number of carboxylic acid groups (broad SMARTS) is 1. The van der Waals surface area contributed by atoms with Gasteiger partial charge in [0.05, 0.1) is 21.1 Å². The van der Waals surface area contributed by atoms with Gasteiger partial charge in [-0.15, -0.1) is 11.8 Å². The predicted molar refractivity (Wildman–Crippen MR) is 117 cm³/mol. The van der Waals surface area contributed by atoms with Gasteiger partial charge in [-0.05, 0) is 37.0 Å². The number of nitrogens with zero attached hydrogens (tertiary/aromatic N) is 2. The molecule has 4 N–H and O–H groups in total. The number of anilines is 2. The van der Waals surface area contributed by atoms with E-state index < -0.39 is 22.0 Å². The normalized spacial score (nSPS) is 14.6. The fourth-order valence-electron chi connectivity index (χ4n) is 3.26. The number of hydrogen-bond donors (Lipinski definition) is 3. The Bertz CT molecular complexity index is 1020. The first kappa shape index (κ1) is 22.5. The highest BCUT2D eigenvalue weighted by Crippen LogP contribution is 2.31. The number of thioether (sulfide) groups is 1. The third kappa shape index (κ3) is 6.17. The summed E-state index contributed by atoms with van der Waals surface area (Å²) in [7, 11) is -3.90. The van der Waals surface area contributed by atoms with Gasteiger partial charge >= 0.3 is 12.0 Å². The maximum absolute atomic E-state index is 13.0. The van der Waals surface area contributed by atoms with Crippen molar-refractivity contribution in [1.82, 2.24) is 4.98 Å². The average Bonchev–Trinajstić information content (AvgIpc) is 3.35. The molecule has 3 rings (SSSR count). The summed E-state index contributed by atoms with van der Waals surface area (Å²) in [4.78, 5) is 29.3. The molecule has 1 aromatic carbocycles. The second kappa shape index (κ2) is 9.77. The van der Waals surface area contributed by atoms with Crippen LogP contribution in [0.1, 0.15) is 25.7 Å². The van der Waals surface area contributed by atoms with Gasteiger partial charge in [0.2, 0.25) is 10.0 Å². The van der Waals surface area contributed by atoms with E-state index in [2.05, 4.69) is 10.3 Å². The number of thiazole rings is 1. The van der Waals surface area contributed by atoms with Crippen LogP contribution in [0.2, 0.25) is 0 Å². The Kier molecular flexibility index (Phi) is 7.34. The summed E-state index contributed by atoms with van der Waals surface area (Å²) >= 11 is 2.30. The lowest BCUT2D eigenvalue weighted by Crippen LogP contribution is -2.38. The number of benzene rings is 1. The number of urea groups is 1. The zero-order chi connectivity index (χ0) is 21.7. The first-order valence-electron chi connectivity index (χ1n) is 9.24. The van der Waals surface area contributed by atoms with E-state index in [9.17, 15) is 18.0 Å². The lowest BCUT2D eigenvalue weighted by Gasteiger charge is -2.26. The van der Waals surface area contributed by atoms with Gasteiger partial charge in [-0.1, -0.05) is 30.2 Å². The lowest BCUT2D eigenvalue weighted by atomic mass is 10.1. The highest BCUT2D eigenvalue weighted by atomic mass is 32.2. The number of carboxylic acids is 1. The first-order valence-corrected chi connectivity index (χ1v) is 12.6. The summed E-state index contributed by atoms with van der Waals surface area (Å²) in [5, 5.41) is 17.1. The number of amides is 2. The summed E-state index contributed by atoms with van der Waals surface area (Å²) in [6, 6.07) is 5.56. The Morgan fingerprint density at radius 1 is 1.33 bits per heavy atom. The van der Waals surface area contributed by atoms with Crippen LogP contribution in [0.25, 0.3) is 0 Å². The molecule has 162 valence electrons. The smallest absolute Gasteiger partial charge is 0.328 e. The standard InChI is InChI=1S/C18H22N4O5S3/c19-30(26,27)14-7-3-6-13(8-14)22(10-12-4-1-2-5-12)18(25)21-17-20-9-16(29-17)28-11-15(23)24/h3,6-9,12H,1-2,4-5,10-11H2,(H,23,24)(H2,19,26,27)(H,20,21,25). The molecular weight excluding hydrogens is 448 g/mol. The summed E-state index contributed by atoms with van der Waals surface area (Å²) in [5.74, 6) is -0.702. The van der Waals surface area contributed by atoms with Crippen LogP contribution in [0, 0.1) is 5.92 Å². The first-order chi connectivity index (χ1) is 14.2. The van der Waals surface area contributed by atoms with Crippen molar-refractivity contribution in [3.63, 3.8) is 0 Å². The number of hydrogen-bond acceptors (Lipinski definition) is 7. The molecule has 2 amide bonds. The van der Waals surface area contributed by atoms with E-state index in [4.69, 9.17) is 10.2 Å². The molecule has 9 nitrogen and oxygen atoms in total. The Balaban J connectivity index is 1.80. The Labute approximate surface area is 182 Å². The molecule has 2 aromatic rings. The molecule has 12 heteroatoms. The zero-order valence-electron chi connectivity index (χ0n) is 16.0. The minimum absolute atomic E-state index is 0.0640.